The molecule has 0 spiro atoms. The first-order valence-corrected chi connectivity index (χ1v) is 8.34. The summed E-state index contributed by atoms with van der Waals surface area (Å²) in [5.74, 6) is 0.0798. The summed E-state index contributed by atoms with van der Waals surface area (Å²) in [5.41, 5.74) is 3.27. The van der Waals surface area contributed by atoms with E-state index < -0.39 is 0 Å². The van der Waals surface area contributed by atoms with Crippen LogP contribution in [-0.2, 0) is 13.0 Å². The van der Waals surface area contributed by atoms with Crippen LogP contribution >= 0.6 is 11.3 Å². The Morgan fingerprint density at radius 1 is 1.30 bits per heavy atom. The first-order valence-electron chi connectivity index (χ1n) is 7.46. The molecule has 0 aliphatic carbocycles. The van der Waals surface area contributed by atoms with Crippen molar-refractivity contribution in [2.24, 2.45) is 0 Å². The number of fused-ring (bicyclic) bond motifs is 2. The van der Waals surface area contributed by atoms with E-state index in [1.165, 1.54) is 0 Å². The summed E-state index contributed by atoms with van der Waals surface area (Å²) in [6.07, 6.45) is 4.21. The molecule has 0 aromatic carbocycles. The number of imidazole rings is 1. The van der Waals surface area contributed by atoms with Gasteiger partial charge in [-0.05, 0) is 31.0 Å². The van der Waals surface area contributed by atoms with Crippen LogP contribution in [0.1, 0.15) is 38.2 Å². The maximum Gasteiger partial charge on any atom is 0.272 e. The number of Topliss-reactive ketones (excluding diaryl/α,β-unsaturated/α-hetero) is 1. The quantitative estimate of drug-likeness (QED) is 0.681. The third kappa shape index (κ3) is 2.26. The van der Waals surface area contributed by atoms with Gasteiger partial charge in [-0.25, -0.2) is 4.98 Å². The van der Waals surface area contributed by atoms with Gasteiger partial charge in [0.2, 0.25) is 0 Å². The van der Waals surface area contributed by atoms with Crippen molar-refractivity contribution in [2.75, 3.05) is 6.54 Å². The van der Waals surface area contributed by atoms with E-state index in [9.17, 15) is 9.59 Å². The van der Waals surface area contributed by atoms with Gasteiger partial charge in [0, 0.05) is 28.6 Å². The minimum Gasteiger partial charge on any atom is -0.332 e. The average Bonchev–Trinajstić information content (AvgIpc) is 3.17. The van der Waals surface area contributed by atoms with Crippen LogP contribution in [0.3, 0.4) is 0 Å². The Kier molecular flexibility index (Phi) is 3.27. The molecule has 0 unspecified atom stereocenters. The van der Waals surface area contributed by atoms with Gasteiger partial charge in [-0.3, -0.25) is 14.0 Å². The highest BCUT2D eigenvalue weighted by Crippen LogP contribution is 2.29. The van der Waals surface area contributed by atoms with Crippen LogP contribution in [0.15, 0.2) is 36.0 Å². The molecule has 116 valence electrons. The van der Waals surface area contributed by atoms with Crippen LogP contribution in [0.25, 0.3) is 5.65 Å². The van der Waals surface area contributed by atoms with Crippen LogP contribution in [0.4, 0.5) is 0 Å². The van der Waals surface area contributed by atoms with Gasteiger partial charge < -0.3 is 4.90 Å². The molecule has 3 aromatic heterocycles. The van der Waals surface area contributed by atoms with E-state index >= 15 is 0 Å². The molecule has 0 bridgehead atoms. The number of carbonyl (C=O) groups excluding carboxylic acids is 2. The zero-order chi connectivity index (χ0) is 16.0. The third-order valence-corrected chi connectivity index (χ3v) is 5.26. The fourth-order valence-electron chi connectivity index (χ4n) is 3.05. The number of pyridine rings is 1. The first kappa shape index (κ1) is 14.1. The van der Waals surface area contributed by atoms with Crippen LogP contribution in [0, 0.1) is 0 Å². The van der Waals surface area contributed by atoms with Crippen molar-refractivity contribution in [2.45, 2.75) is 19.9 Å². The lowest BCUT2D eigenvalue weighted by Gasteiger charge is -2.27. The number of ketones is 1. The van der Waals surface area contributed by atoms with E-state index in [1.54, 1.807) is 24.5 Å². The van der Waals surface area contributed by atoms with Gasteiger partial charge >= 0.3 is 0 Å². The van der Waals surface area contributed by atoms with Crippen molar-refractivity contribution in [1.82, 2.24) is 14.3 Å². The minimum atomic E-state index is -0.0212. The monoisotopic (exact) mass is 325 g/mol. The Bertz CT molecular complexity index is 925. The fraction of sp³-hybridized carbons (Fsp3) is 0.235. The zero-order valence-electron chi connectivity index (χ0n) is 12.7. The molecule has 0 saturated heterocycles. The summed E-state index contributed by atoms with van der Waals surface area (Å²) in [5, 5.41) is 1.91. The molecule has 1 aliphatic rings. The van der Waals surface area contributed by atoms with Gasteiger partial charge in [-0.2, -0.15) is 0 Å². The van der Waals surface area contributed by atoms with Crippen molar-refractivity contribution in [1.29, 1.82) is 0 Å². The molecule has 6 heteroatoms. The molecule has 5 nitrogen and oxygen atoms in total. The summed E-state index contributed by atoms with van der Waals surface area (Å²) in [6.45, 7) is 2.79. The van der Waals surface area contributed by atoms with Crippen LogP contribution in [-0.4, -0.2) is 32.5 Å². The molecule has 0 saturated carbocycles. The Labute approximate surface area is 137 Å². The second-order valence-electron chi connectivity index (χ2n) is 5.66. The van der Waals surface area contributed by atoms with Gasteiger partial charge in [0.15, 0.2) is 5.78 Å². The van der Waals surface area contributed by atoms with Gasteiger partial charge in [-0.1, -0.05) is 6.07 Å². The van der Waals surface area contributed by atoms with E-state index in [0.717, 1.165) is 28.1 Å². The number of thiophene rings is 1. The lowest BCUT2D eigenvalue weighted by atomic mass is 10.0. The molecule has 1 aliphatic heterocycles. The number of carbonyl (C=O) groups is 2. The van der Waals surface area contributed by atoms with Crippen molar-refractivity contribution < 1.29 is 9.59 Å². The maximum atomic E-state index is 12.8. The zero-order valence-corrected chi connectivity index (χ0v) is 13.5. The topological polar surface area (TPSA) is 54.7 Å². The second-order valence-corrected chi connectivity index (χ2v) is 6.62. The molecule has 0 fully saturated rings. The highest BCUT2D eigenvalue weighted by atomic mass is 32.1. The minimum absolute atomic E-state index is 0.0212. The van der Waals surface area contributed by atoms with E-state index in [4.69, 9.17) is 0 Å². The lowest BCUT2D eigenvalue weighted by Crippen LogP contribution is -2.36. The first-order chi connectivity index (χ1) is 11.1. The number of hydrogen-bond donors (Lipinski definition) is 0. The van der Waals surface area contributed by atoms with E-state index in [-0.39, 0.29) is 11.7 Å². The molecule has 0 atom stereocenters. The Hall–Kier alpha value is -2.47. The highest BCUT2D eigenvalue weighted by Gasteiger charge is 2.27. The second kappa shape index (κ2) is 5.31. The molecule has 3 aromatic rings. The molecule has 4 heterocycles. The Balaban J connectivity index is 1.64. The van der Waals surface area contributed by atoms with Crippen LogP contribution in [0.2, 0.25) is 0 Å². The van der Waals surface area contributed by atoms with Crippen molar-refractivity contribution in [3.8, 4) is 0 Å². The predicted molar refractivity (Wildman–Crippen MR) is 88.0 cm³/mol. The Morgan fingerprint density at radius 3 is 3.00 bits per heavy atom. The predicted octanol–water partition coefficient (Wildman–Crippen LogP) is 2.80. The molecular formula is C17H15N3O2S. The molecule has 1 amide bonds. The SMILES string of the molecule is CC(=O)c1csc2c1CCN(C(=O)c1cnc3ccccn13)C2. The van der Waals surface area contributed by atoms with Gasteiger partial charge in [0.1, 0.15) is 11.3 Å². The average molecular weight is 325 g/mol. The standard InChI is InChI=1S/C17H15N3O2S/c1-11(21)13-10-23-15-9-19(7-5-12(13)15)17(22)14-8-18-16-4-2-3-6-20(14)16/h2-4,6,8,10H,5,7,9H2,1H3. The van der Waals surface area contributed by atoms with E-state index in [1.807, 2.05) is 39.1 Å². The van der Waals surface area contributed by atoms with Crippen molar-refractivity contribution >= 4 is 28.7 Å². The number of amides is 1. The number of nitrogens with zero attached hydrogens (tertiary/aromatic N) is 3. The number of aromatic nitrogens is 2. The summed E-state index contributed by atoms with van der Waals surface area (Å²) >= 11 is 1.57. The van der Waals surface area contributed by atoms with Gasteiger partial charge in [-0.15, -0.1) is 11.3 Å². The normalized spacial score (nSPS) is 14.0. The summed E-state index contributed by atoms with van der Waals surface area (Å²) in [7, 11) is 0. The molecule has 0 N–H and O–H groups in total. The van der Waals surface area contributed by atoms with Gasteiger partial charge in [0.25, 0.3) is 5.91 Å². The van der Waals surface area contributed by atoms with E-state index in [0.29, 0.717) is 18.8 Å². The molecule has 0 radical (unpaired) electrons. The summed E-state index contributed by atoms with van der Waals surface area (Å²) in [6, 6.07) is 5.67. The van der Waals surface area contributed by atoms with Crippen LogP contribution < -0.4 is 0 Å². The van der Waals surface area contributed by atoms with E-state index in [2.05, 4.69) is 4.98 Å². The smallest absolute Gasteiger partial charge is 0.272 e. The molecule has 4 rings (SSSR count). The van der Waals surface area contributed by atoms with Crippen molar-refractivity contribution in [3.63, 3.8) is 0 Å². The number of rotatable bonds is 2. The maximum absolute atomic E-state index is 12.8. The van der Waals surface area contributed by atoms with Gasteiger partial charge in [0.05, 0.1) is 12.7 Å². The number of hydrogen-bond acceptors (Lipinski definition) is 4. The largest absolute Gasteiger partial charge is 0.332 e. The van der Waals surface area contributed by atoms with Crippen LogP contribution in [0.5, 0.6) is 0 Å². The lowest BCUT2D eigenvalue weighted by molar-refractivity contribution is 0.0730. The fourth-order valence-corrected chi connectivity index (χ4v) is 4.20. The third-order valence-electron chi connectivity index (χ3n) is 4.25. The molecule has 23 heavy (non-hydrogen) atoms. The highest BCUT2D eigenvalue weighted by molar-refractivity contribution is 7.10. The molecular weight excluding hydrogens is 310 g/mol. The summed E-state index contributed by atoms with van der Waals surface area (Å²) in [4.78, 5) is 31.7. The van der Waals surface area contributed by atoms with Crippen molar-refractivity contribution in [3.05, 3.63) is 57.7 Å². The summed E-state index contributed by atoms with van der Waals surface area (Å²) < 4.78 is 1.81. The Morgan fingerprint density at radius 2 is 2.17 bits per heavy atom.